The van der Waals surface area contributed by atoms with Gasteiger partial charge in [-0.25, -0.2) is 15.0 Å². The van der Waals surface area contributed by atoms with E-state index in [1.165, 1.54) is 0 Å². The Morgan fingerprint density at radius 2 is 2.16 bits per heavy atom. The molecule has 6 heteroatoms. The molecule has 0 aromatic carbocycles. The van der Waals surface area contributed by atoms with Gasteiger partial charge in [0.2, 0.25) is 0 Å². The van der Waals surface area contributed by atoms with Crippen molar-refractivity contribution in [3.8, 4) is 5.82 Å². The van der Waals surface area contributed by atoms with Gasteiger partial charge >= 0.3 is 0 Å². The summed E-state index contributed by atoms with van der Waals surface area (Å²) in [6.45, 7) is 5.08. The maximum atomic E-state index is 5.37. The van der Waals surface area contributed by atoms with Crippen LogP contribution in [0.5, 0.6) is 0 Å². The van der Waals surface area contributed by atoms with Gasteiger partial charge in [0.1, 0.15) is 24.1 Å². The highest BCUT2D eigenvalue weighted by molar-refractivity contribution is 5.41. The first kappa shape index (κ1) is 13.5. The number of nitrogens with one attached hydrogen (secondary N) is 1. The number of imidazole rings is 1. The van der Waals surface area contributed by atoms with Gasteiger partial charge < -0.3 is 10.1 Å². The Morgan fingerprint density at radius 3 is 2.84 bits per heavy atom. The highest BCUT2D eigenvalue weighted by atomic mass is 16.5. The van der Waals surface area contributed by atoms with E-state index in [0.717, 1.165) is 23.9 Å². The third-order valence-corrected chi connectivity index (χ3v) is 2.73. The largest absolute Gasteiger partial charge is 0.374 e. The predicted octanol–water partition coefficient (Wildman–Crippen LogP) is 1.80. The first-order chi connectivity index (χ1) is 9.28. The molecule has 102 valence electrons. The van der Waals surface area contributed by atoms with Crippen molar-refractivity contribution < 1.29 is 4.74 Å². The number of rotatable bonds is 6. The van der Waals surface area contributed by atoms with Crippen LogP contribution in [0.3, 0.4) is 0 Å². The number of nitrogens with zero attached hydrogens (tertiary/aromatic N) is 4. The van der Waals surface area contributed by atoms with Crippen LogP contribution in [-0.4, -0.2) is 33.2 Å². The van der Waals surface area contributed by atoms with E-state index in [1.807, 2.05) is 30.8 Å². The van der Waals surface area contributed by atoms with E-state index in [1.54, 1.807) is 6.20 Å². The lowest BCUT2D eigenvalue weighted by Gasteiger charge is -2.10. The van der Waals surface area contributed by atoms with Gasteiger partial charge in [0, 0.05) is 38.5 Å². The molecule has 2 heterocycles. The van der Waals surface area contributed by atoms with Gasteiger partial charge in [-0.05, 0) is 6.92 Å². The number of aryl methyl sites for hydroxylation is 1. The van der Waals surface area contributed by atoms with Gasteiger partial charge in [-0.15, -0.1) is 0 Å². The molecule has 0 unspecified atom stereocenters. The third kappa shape index (κ3) is 3.08. The normalized spacial score (nSPS) is 10.7. The van der Waals surface area contributed by atoms with Crippen molar-refractivity contribution in [3.05, 3.63) is 30.1 Å². The molecule has 2 aromatic rings. The van der Waals surface area contributed by atoms with Crippen molar-refractivity contribution in [3.63, 3.8) is 0 Å². The highest BCUT2D eigenvalue weighted by Crippen LogP contribution is 2.13. The molecular formula is C13H19N5O. The quantitative estimate of drug-likeness (QED) is 0.859. The number of anilines is 1. The van der Waals surface area contributed by atoms with Crippen molar-refractivity contribution in [2.24, 2.45) is 0 Å². The van der Waals surface area contributed by atoms with Crippen LogP contribution in [0.2, 0.25) is 0 Å². The lowest BCUT2D eigenvalue weighted by Crippen LogP contribution is -2.08. The molecule has 0 atom stereocenters. The summed E-state index contributed by atoms with van der Waals surface area (Å²) in [4.78, 5) is 13.2. The zero-order valence-electron chi connectivity index (χ0n) is 11.6. The van der Waals surface area contributed by atoms with E-state index in [-0.39, 0.29) is 0 Å². The Bertz CT molecular complexity index is 538. The molecule has 0 amide bonds. The average molecular weight is 261 g/mol. The number of hydrogen-bond donors (Lipinski definition) is 1. The first-order valence-corrected chi connectivity index (χ1v) is 6.44. The maximum absolute atomic E-state index is 5.37. The molecule has 1 N–H and O–H groups in total. The maximum Gasteiger partial charge on any atom is 0.158 e. The molecule has 0 saturated heterocycles. The van der Waals surface area contributed by atoms with Crippen molar-refractivity contribution in [2.75, 3.05) is 19.0 Å². The molecule has 0 saturated carbocycles. The van der Waals surface area contributed by atoms with Crippen LogP contribution in [0.15, 0.2) is 18.5 Å². The lowest BCUT2D eigenvalue weighted by molar-refractivity contribution is 0.128. The summed E-state index contributed by atoms with van der Waals surface area (Å²) in [6.07, 6.45) is 4.54. The van der Waals surface area contributed by atoms with Crippen LogP contribution in [0.4, 0.5) is 5.82 Å². The van der Waals surface area contributed by atoms with E-state index in [9.17, 15) is 0 Å². The summed E-state index contributed by atoms with van der Waals surface area (Å²) in [5.41, 5.74) is 0. The minimum Gasteiger partial charge on any atom is -0.374 e. The summed E-state index contributed by atoms with van der Waals surface area (Å²) in [5, 5.41) is 3.04. The summed E-state index contributed by atoms with van der Waals surface area (Å²) >= 11 is 0. The van der Waals surface area contributed by atoms with E-state index in [4.69, 9.17) is 4.74 Å². The molecular weight excluding hydrogens is 242 g/mol. The molecule has 0 bridgehead atoms. The number of ether oxygens (including phenoxy) is 1. The summed E-state index contributed by atoms with van der Waals surface area (Å²) in [5.74, 6) is 3.22. The van der Waals surface area contributed by atoms with Crippen molar-refractivity contribution >= 4 is 5.82 Å². The zero-order chi connectivity index (χ0) is 13.7. The molecule has 0 spiro atoms. The molecule has 0 aliphatic carbocycles. The standard InChI is InChI=1S/C13H19N5O/c1-4-12-15-6-7-18(12)13-8-10(14-3)16-11(17-13)9-19-5-2/h6-8H,4-5,9H2,1-3H3,(H,14,16,17). The van der Waals surface area contributed by atoms with Gasteiger partial charge in [0.25, 0.3) is 0 Å². The van der Waals surface area contributed by atoms with Gasteiger partial charge in [-0.2, -0.15) is 0 Å². The van der Waals surface area contributed by atoms with Crippen molar-refractivity contribution in [1.29, 1.82) is 0 Å². The number of aromatic nitrogens is 4. The Labute approximate surface area is 112 Å². The summed E-state index contributed by atoms with van der Waals surface area (Å²) < 4.78 is 7.34. The van der Waals surface area contributed by atoms with Crippen LogP contribution < -0.4 is 5.32 Å². The predicted molar refractivity (Wildman–Crippen MR) is 73.4 cm³/mol. The number of hydrogen-bond acceptors (Lipinski definition) is 5. The van der Waals surface area contributed by atoms with Crippen LogP contribution >= 0.6 is 0 Å². The van der Waals surface area contributed by atoms with Crippen LogP contribution in [0.1, 0.15) is 25.5 Å². The van der Waals surface area contributed by atoms with Gasteiger partial charge in [-0.3, -0.25) is 4.57 Å². The minimum atomic E-state index is 0.412. The van der Waals surface area contributed by atoms with E-state index in [2.05, 4.69) is 27.2 Å². The third-order valence-electron chi connectivity index (χ3n) is 2.73. The topological polar surface area (TPSA) is 64.9 Å². The molecule has 0 aliphatic rings. The van der Waals surface area contributed by atoms with Crippen molar-refractivity contribution in [2.45, 2.75) is 26.9 Å². The fraction of sp³-hybridized carbons (Fsp3) is 0.462. The SMILES string of the molecule is CCOCc1nc(NC)cc(-n2ccnc2CC)n1. The van der Waals surface area contributed by atoms with Crippen LogP contribution in [0.25, 0.3) is 5.82 Å². The minimum absolute atomic E-state index is 0.412. The molecule has 19 heavy (non-hydrogen) atoms. The summed E-state index contributed by atoms with van der Waals surface area (Å²) in [7, 11) is 1.84. The van der Waals surface area contributed by atoms with Gasteiger partial charge in [-0.1, -0.05) is 6.92 Å². The zero-order valence-corrected chi connectivity index (χ0v) is 11.6. The smallest absolute Gasteiger partial charge is 0.158 e. The molecule has 2 rings (SSSR count). The van der Waals surface area contributed by atoms with Crippen LogP contribution in [-0.2, 0) is 17.8 Å². The van der Waals surface area contributed by atoms with E-state index in [0.29, 0.717) is 19.0 Å². The molecule has 0 fully saturated rings. The van der Waals surface area contributed by atoms with E-state index < -0.39 is 0 Å². The Morgan fingerprint density at radius 1 is 1.32 bits per heavy atom. The second kappa shape index (κ2) is 6.29. The fourth-order valence-corrected chi connectivity index (χ4v) is 1.80. The van der Waals surface area contributed by atoms with Gasteiger partial charge in [0.15, 0.2) is 5.82 Å². The lowest BCUT2D eigenvalue weighted by atomic mass is 10.4. The average Bonchev–Trinajstić information content (AvgIpc) is 2.93. The van der Waals surface area contributed by atoms with Gasteiger partial charge in [0.05, 0.1) is 0 Å². The molecule has 0 aliphatic heterocycles. The molecule has 0 radical (unpaired) electrons. The van der Waals surface area contributed by atoms with Crippen LogP contribution in [0, 0.1) is 0 Å². The fourth-order valence-electron chi connectivity index (χ4n) is 1.80. The second-order valence-electron chi connectivity index (χ2n) is 3.98. The molecule has 2 aromatic heterocycles. The highest BCUT2D eigenvalue weighted by Gasteiger charge is 2.08. The summed E-state index contributed by atoms with van der Waals surface area (Å²) in [6, 6.07) is 1.90. The Balaban J connectivity index is 2.38. The van der Waals surface area contributed by atoms with Crippen molar-refractivity contribution in [1.82, 2.24) is 19.5 Å². The Hall–Kier alpha value is -1.95. The van der Waals surface area contributed by atoms with E-state index >= 15 is 0 Å². The first-order valence-electron chi connectivity index (χ1n) is 6.44. The molecule has 6 nitrogen and oxygen atoms in total. The second-order valence-corrected chi connectivity index (χ2v) is 3.98. The Kier molecular flexibility index (Phi) is 4.46. The monoisotopic (exact) mass is 261 g/mol.